The molecule has 0 bridgehead atoms. The molecule has 0 spiro atoms. The monoisotopic (exact) mass is 224 g/mol. The van der Waals surface area contributed by atoms with Crippen molar-refractivity contribution in [2.24, 2.45) is 12.8 Å². The highest BCUT2D eigenvalue weighted by Crippen LogP contribution is 2.15. The molecule has 0 amide bonds. The number of carbonyl (C=O) groups is 1. The Morgan fingerprint density at radius 3 is 3.00 bits per heavy atom. The van der Waals surface area contributed by atoms with Gasteiger partial charge in [-0.05, 0) is 16.0 Å². The number of ketones is 1. The Kier molecular flexibility index (Phi) is 3.90. The molecule has 0 aliphatic rings. The van der Waals surface area contributed by atoms with Crippen molar-refractivity contribution in [3.63, 3.8) is 0 Å². The first-order chi connectivity index (χ1) is 7.56. The largest absolute Gasteiger partial charge is 0.385 e. The maximum atomic E-state index is 11.4. The molecule has 1 aromatic heterocycles. The van der Waals surface area contributed by atoms with Gasteiger partial charge in [0.1, 0.15) is 5.69 Å². The van der Waals surface area contributed by atoms with Gasteiger partial charge in [-0.25, -0.2) is 0 Å². The molecule has 0 unspecified atom stereocenters. The molecule has 0 saturated heterocycles. The molecule has 0 saturated carbocycles. The summed E-state index contributed by atoms with van der Waals surface area (Å²) in [4.78, 5) is 25.0. The molecule has 0 fully saturated rings. The second kappa shape index (κ2) is 5.17. The van der Waals surface area contributed by atoms with Crippen LogP contribution in [0.3, 0.4) is 0 Å². The van der Waals surface area contributed by atoms with E-state index in [1.54, 1.807) is 7.05 Å². The van der Waals surface area contributed by atoms with Gasteiger partial charge in [0, 0.05) is 13.6 Å². The maximum Gasteiger partial charge on any atom is 0.385 e. The van der Waals surface area contributed by atoms with Crippen molar-refractivity contribution < 1.29 is 9.72 Å². The van der Waals surface area contributed by atoms with Gasteiger partial charge in [-0.15, -0.1) is 0 Å². The summed E-state index contributed by atoms with van der Waals surface area (Å²) in [5.74, 6) is -0.519. The number of carbonyl (C=O) groups excluding carboxylic acids is 1. The van der Waals surface area contributed by atoms with E-state index in [4.69, 9.17) is 5.73 Å². The van der Waals surface area contributed by atoms with Crippen LogP contribution in [0.4, 0.5) is 5.82 Å². The van der Waals surface area contributed by atoms with Crippen LogP contribution in [0, 0.1) is 10.1 Å². The standard InChI is InChI=1S/C9H12N4O3/c1-12-6-11-9(13(15)16)8(12)5-7(14)3-2-4-10/h2-3,6H,4-5,10H2,1H3. The number of imidazole rings is 1. The first kappa shape index (κ1) is 12.1. The Morgan fingerprint density at radius 1 is 1.75 bits per heavy atom. The summed E-state index contributed by atoms with van der Waals surface area (Å²) in [5.41, 5.74) is 5.48. The van der Waals surface area contributed by atoms with Crippen molar-refractivity contribution >= 4 is 11.6 Å². The zero-order chi connectivity index (χ0) is 12.1. The molecule has 1 rings (SSSR count). The van der Waals surface area contributed by atoms with Crippen LogP contribution < -0.4 is 5.73 Å². The SMILES string of the molecule is Cn1cnc([N+](=O)[O-])c1CC(=O)C=CCN. The van der Waals surface area contributed by atoms with Crippen LogP contribution in [0.15, 0.2) is 18.5 Å². The molecule has 1 heterocycles. The lowest BCUT2D eigenvalue weighted by Gasteiger charge is -1.98. The first-order valence-electron chi connectivity index (χ1n) is 4.60. The minimum absolute atomic E-state index is 0.0523. The normalized spacial score (nSPS) is 10.9. The van der Waals surface area contributed by atoms with Crippen LogP contribution in [0.2, 0.25) is 0 Å². The summed E-state index contributed by atoms with van der Waals surface area (Å²) in [6.07, 6.45) is 4.08. The minimum Gasteiger partial charge on any atom is -0.358 e. The third-order valence-corrected chi connectivity index (χ3v) is 1.99. The van der Waals surface area contributed by atoms with Crippen LogP contribution in [-0.4, -0.2) is 26.8 Å². The molecular formula is C9H12N4O3. The molecule has 7 nitrogen and oxygen atoms in total. The molecule has 7 heteroatoms. The number of hydrogen-bond acceptors (Lipinski definition) is 5. The fourth-order valence-corrected chi connectivity index (χ4v) is 1.22. The molecule has 16 heavy (non-hydrogen) atoms. The zero-order valence-corrected chi connectivity index (χ0v) is 8.79. The van der Waals surface area contributed by atoms with Crippen LogP contribution in [0.25, 0.3) is 0 Å². The van der Waals surface area contributed by atoms with E-state index in [1.165, 1.54) is 23.0 Å². The predicted octanol–water partition coefficient (Wildman–Crippen LogP) is -0.0452. The number of hydrogen-bond donors (Lipinski definition) is 1. The highest BCUT2D eigenvalue weighted by molar-refractivity contribution is 5.91. The Bertz CT molecular complexity index is 436. The zero-order valence-electron chi connectivity index (χ0n) is 8.79. The minimum atomic E-state index is -0.602. The van der Waals surface area contributed by atoms with Crippen molar-refractivity contribution in [3.05, 3.63) is 34.3 Å². The van der Waals surface area contributed by atoms with E-state index in [9.17, 15) is 14.9 Å². The van der Waals surface area contributed by atoms with E-state index in [1.807, 2.05) is 0 Å². The lowest BCUT2D eigenvalue weighted by molar-refractivity contribution is -0.390. The second-order valence-corrected chi connectivity index (χ2v) is 3.16. The summed E-state index contributed by atoms with van der Waals surface area (Å²) in [6.45, 7) is 0.263. The molecular weight excluding hydrogens is 212 g/mol. The number of nitro groups is 1. The molecule has 1 aromatic rings. The Hall–Kier alpha value is -2.02. The van der Waals surface area contributed by atoms with Gasteiger partial charge in [-0.2, -0.15) is 0 Å². The molecule has 2 N–H and O–H groups in total. The number of aromatic nitrogens is 2. The van der Waals surface area contributed by atoms with Gasteiger partial charge < -0.3 is 20.4 Å². The van der Waals surface area contributed by atoms with Crippen LogP contribution in [0.1, 0.15) is 5.69 Å². The Morgan fingerprint density at radius 2 is 2.44 bits per heavy atom. The summed E-state index contributed by atoms with van der Waals surface area (Å²) in [6, 6.07) is 0. The van der Waals surface area contributed by atoms with Gasteiger partial charge in [0.05, 0.1) is 6.42 Å². The fourth-order valence-electron chi connectivity index (χ4n) is 1.22. The average Bonchev–Trinajstić information content (AvgIpc) is 2.58. The fraction of sp³-hybridized carbons (Fsp3) is 0.333. The van der Waals surface area contributed by atoms with Gasteiger partial charge in [0.25, 0.3) is 0 Å². The smallest absolute Gasteiger partial charge is 0.358 e. The van der Waals surface area contributed by atoms with Gasteiger partial charge >= 0.3 is 5.82 Å². The summed E-state index contributed by atoms with van der Waals surface area (Å²) in [7, 11) is 1.61. The average molecular weight is 224 g/mol. The van der Waals surface area contributed by atoms with Gasteiger partial charge in [0.15, 0.2) is 5.78 Å². The van der Waals surface area contributed by atoms with Crippen LogP contribution >= 0.6 is 0 Å². The number of allylic oxidation sites excluding steroid dienone is 1. The van der Waals surface area contributed by atoms with E-state index in [-0.39, 0.29) is 30.3 Å². The van der Waals surface area contributed by atoms with E-state index in [0.717, 1.165) is 0 Å². The highest BCUT2D eigenvalue weighted by Gasteiger charge is 2.21. The molecule has 86 valence electrons. The summed E-state index contributed by atoms with van der Waals surface area (Å²) >= 11 is 0. The number of nitrogens with zero attached hydrogens (tertiary/aromatic N) is 3. The van der Waals surface area contributed by atoms with Gasteiger partial charge in [-0.1, -0.05) is 6.08 Å². The molecule has 0 aliphatic heterocycles. The third-order valence-electron chi connectivity index (χ3n) is 1.99. The van der Waals surface area contributed by atoms with Crippen molar-refractivity contribution in [3.8, 4) is 0 Å². The molecule has 0 aliphatic carbocycles. The van der Waals surface area contributed by atoms with Crippen molar-refractivity contribution in [1.82, 2.24) is 9.55 Å². The van der Waals surface area contributed by atoms with Crippen molar-refractivity contribution in [2.75, 3.05) is 6.54 Å². The number of aryl methyl sites for hydroxylation is 1. The van der Waals surface area contributed by atoms with Crippen molar-refractivity contribution in [1.29, 1.82) is 0 Å². The Balaban J connectivity index is 2.88. The molecule has 0 aromatic carbocycles. The van der Waals surface area contributed by atoms with Gasteiger partial charge in [0.2, 0.25) is 6.33 Å². The number of rotatable bonds is 5. The summed E-state index contributed by atoms with van der Waals surface area (Å²) < 4.78 is 1.46. The number of nitrogens with two attached hydrogens (primary N) is 1. The third kappa shape index (κ3) is 2.74. The quantitative estimate of drug-likeness (QED) is 0.429. The van der Waals surface area contributed by atoms with E-state index in [0.29, 0.717) is 0 Å². The lowest BCUT2D eigenvalue weighted by atomic mass is 10.2. The van der Waals surface area contributed by atoms with Crippen molar-refractivity contribution in [2.45, 2.75) is 6.42 Å². The van der Waals surface area contributed by atoms with E-state index >= 15 is 0 Å². The van der Waals surface area contributed by atoms with E-state index < -0.39 is 4.92 Å². The first-order valence-corrected chi connectivity index (χ1v) is 4.60. The predicted molar refractivity (Wildman–Crippen MR) is 56.8 cm³/mol. The topological polar surface area (TPSA) is 104 Å². The maximum absolute atomic E-state index is 11.4. The summed E-state index contributed by atoms with van der Waals surface area (Å²) in [5, 5.41) is 10.6. The molecule has 0 radical (unpaired) electrons. The van der Waals surface area contributed by atoms with E-state index in [2.05, 4.69) is 4.98 Å². The van der Waals surface area contributed by atoms with Crippen LogP contribution in [0.5, 0.6) is 0 Å². The lowest BCUT2D eigenvalue weighted by Crippen LogP contribution is -2.07. The van der Waals surface area contributed by atoms with Crippen LogP contribution in [-0.2, 0) is 18.3 Å². The van der Waals surface area contributed by atoms with Gasteiger partial charge in [-0.3, -0.25) is 4.79 Å². The second-order valence-electron chi connectivity index (χ2n) is 3.16. The molecule has 0 atom stereocenters. The highest BCUT2D eigenvalue weighted by atomic mass is 16.6. The Labute approximate surface area is 91.7 Å².